The van der Waals surface area contributed by atoms with Gasteiger partial charge in [-0.25, -0.2) is 0 Å². The van der Waals surface area contributed by atoms with E-state index in [0.29, 0.717) is 17.6 Å². The van der Waals surface area contributed by atoms with E-state index in [0.717, 1.165) is 31.6 Å². The van der Waals surface area contributed by atoms with Crippen molar-refractivity contribution >= 4 is 11.5 Å². The Bertz CT molecular complexity index is 368. The molecule has 18 heavy (non-hydrogen) atoms. The van der Waals surface area contributed by atoms with Crippen LogP contribution in [0.5, 0.6) is 5.88 Å². The first-order valence-corrected chi connectivity index (χ1v) is 6.71. The molecule has 1 rings (SSSR count). The molecule has 0 aliphatic rings. The van der Waals surface area contributed by atoms with Crippen LogP contribution < -0.4 is 15.4 Å². The van der Waals surface area contributed by atoms with Gasteiger partial charge in [-0.1, -0.05) is 20.3 Å². The molecule has 1 atom stereocenters. The number of methoxy groups -OCH3 is 1. The number of ether oxygens (including phenoxy) is 1. The van der Waals surface area contributed by atoms with Gasteiger partial charge in [0.2, 0.25) is 5.88 Å². The van der Waals surface area contributed by atoms with Crippen molar-refractivity contribution in [3.05, 3.63) is 12.1 Å². The summed E-state index contributed by atoms with van der Waals surface area (Å²) in [7, 11) is 1.63. The fourth-order valence-corrected chi connectivity index (χ4v) is 1.87. The zero-order valence-corrected chi connectivity index (χ0v) is 11.9. The average Bonchev–Trinajstić information content (AvgIpc) is 2.40. The lowest BCUT2D eigenvalue weighted by Gasteiger charge is -2.30. The van der Waals surface area contributed by atoms with Crippen LogP contribution in [0.15, 0.2) is 12.1 Å². The molecule has 4 heteroatoms. The highest BCUT2D eigenvalue weighted by Gasteiger charge is 2.17. The van der Waals surface area contributed by atoms with E-state index in [4.69, 9.17) is 10.5 Å². The van der Waals surface area contributed by atoms with Gasteiger partial charge in [-0.05, 0) is 25.8 Å². The maximum absolute atomic E-state index is 6.05. The van der Waals surface area contributed by atoms with Crippen LogP contribution in [0.1, 0.15) is 40.0 Å². The molecular formula is C14H25N3O. The van der Waals surface area contributed by atoms with Crippen molar-refractivity contribution in [3.8, 4) is 5.88 Å². The van der Waals surface area contributed by atoms with Gasteiger partial charge < -0.3 is 15.4 Å². The molecular weight excluding hydrogens is 226 g/mol. The molecule has 0 aromatic carbocycles. The van der Waals surface area contributed by atoms with Gasteiger partial charge >= 0.3 is 0 Å². The molecule has 0 saturated heterocycles. The van der Waals surface area contributed by atoms with E-state index in [2.05, 4.69) is 30.7 Å². The third-order valence-corrected chi connectivity index (χ3v) is 3.24. The third kappa shape index (κ3) is 3.52. The minimum atomic E-state index is 0.429. The summed E-state index contributed by atoms with van der Waals surface area (Å²) in [6.45, 7) is 7.56. The SMILES string of the molecule is CCCCN(c1nc(OC)ccc1N)C(C)CC. The largest absolute Gasteiger partial charge is 0.481 e. The van der Waals surface area contributed by atoms with Crippen molar-refractivity contribution in [2.24, 2.45) is 0 Å². The number of nitrogens with zero attached hydrogens (tertiary/aromatic N) is 2. The lowest BCUT2D eigenvalue weighted by molar-refractivity contribution is 0.397. The maximum atomic E-state index is 6.05. The molecule has 4 nitrogen and oxygen atoms in total. The number of hydrogen-bond donors (Lipinski definition) is 1. The molecule has 0 saturated carbocycles. The van der Waals surface area contributed by atoms with E-state index in [1.54, 1.807) is 13.2 Å². The molecule has 1 heterocycles. The normalized spacial score (nSPS) is 12.2. The topological polar surface area (TPSA) is 51.4 Å². The first kappa shape index (κ1) is 14.6. The number of aromatic nitrogens is 1. The van der Waals surface area contributed by atoms with Crippen molar-refractivity contribution in [2.45, 2.75) is 46.1 Å². The van der Waals surface area contributed by atoms with Crippen molar-refractivity contribution < 1.29 is 4.74 Å². The highest BCUT2D eigenvalue weighted by Crippen LogP contribution is 2.26. The molecule has 0 radical (unpaired) electrons. The zero-order valence-electron chi connectivity index (χ0n) is 11.9. The van der Waals surface area contributed by atoms with Crippen LogP contribution in [0, 0.1) is 0 Å². The summed E-state index contributed by atoms with van der Waals surface area (Å²) in [6.07, 6.45) is 3.38. The van der Waals surface area contributed by atoms with Crippen LogP contribution in [0.4, 0.5) is 11.5 Å². The predicted molar refractivity (Wildman–Crippen MR) is 77.2 cm³/mol. The molecule has 0 aliphatic heterocycles. The first-order valence-electron chi connectivity index (χ1n) is 6.71. The van der Waals surface area contributed by atoms with E-state index in [1.807, 2.05) is 6.07 Å². The molecule has 0 bridgehead atoms. The second-order valence-corrected chi connectivity index (χ2v) is 4.57. The van der Waals surface area contributed by atoms with Crippen LogP contribution in [-0.4, -0.2) is 24.7 Å². The summed E-state index contributed by atoms with van der Waals surface area (Å²) >= 11 is 0. The van der Waals surface area contributed by atoms with Crippen LogP contribution in [0.25, 0.3) is 0 Å². The van der Waals surface area contributed by atoms with Gasteiger partial charge in [-0.15, -0.1) is 0 Å². The number of unbranched alkanes of at least 4 members (excludes halogenated alkanes) is 1. The summed E-state index contributed by atoms with van der Waals surface area (Å²) < 4.78 is 5.18. The molecule has 2 N–H and O–H groups in total. The highest BCUT2D eigenvalue weighted by atomic mass is 16.5. The van der Waals surface area contributed by atoms with Gasteiger partial charge in [0.25, 0.3) is 0 Å². The van der Waals surface area contributed by atoms with E-state index in [1.165, 1.54) is 0 Å². The van der Waals surface area contributed by atoms with Gasteiger partial charge in [0.1, 0.15) is 0 Å². The van der Waals surface area contributed by atoms with Gasteiger partial charge in [-0.3, -0.25) is 0 Å². The summed E-state index contributed by atoms with van der Waals surface area (Å²) in [5.41, 5.74) is 6.76. The van der Waals surface area contributed by atoms with Crippen molar-refractivity contribution in [2.75, 3.05) is 24.3 Å². The van der Waals surface area contributed by atoms with E-state index < -0.39 is 0 Å². The molecule has 1 aromatic rings. The van der Waals surface area contributed by atoms with E-state index in [9.17, 15) is 0 Å². The lowest BCUT2D eigenvalue weighted by Crippen LogP contribution is -2.34. The van der Waals surface area contributed by atoms with Crippen LogP contribution in [-0.2, 0) is 0 Å². The number of pyridine rings is 1. The van der Waals surface area contributed by atoms with Crippen LogP contribution in [0.3, 0.4) is 0 Å². The summed E-state index contributed by atoms with van der Waals surface area (Å²) in [6, 6.07) is 4.09. The van der Waals surface area contributed by atoms with Crippen LogP contribution in [0.2, 0.25) is 0 Å². The Morgan fingerprint density at radius 1 is 1.39 bits per heavy atom. The first-order chi connectivity index (χ1) is 8.63. The van der Waals surface area contributed by atoms with E-state index in [-0.39, 0.29) is 0 Å². The number of hydrogen-bond acceptors (Lipinski definition) is 4. The van der Waals surface area contributed by atoms with Crippen molar-refractivity contribution in [1.82, 2.24) is 4.98 Å². The third-order valence-electron chi connectivity index (χ3n) is 3.24. The highest BCUT2D eigenvalue weighted by molar-refractivity contribution is 5.64. The Labute approximate surface area is 110 Å². The Balaban J connectivity index is 3.02. The predicted octanol–water partition coefficient (Wildman–Crippen LogP) is 3.08. The Morgan fingerprint density at radius 2 is 2.11 bits per heavy atom. The monoisotopic (exact) mass is 251 g/mol. The maximum Gasteiger partial charge on any atom is 0.215 e. The van der Waals surface area contributed by atoms with Crippen LogP contribution >= 0.6 is 0 Å². The average molecular weight is 251 g/mol. The van der Waals surface area contributed by atoms with Gasteiger partial charge in [0.15, 0.2) is 5.82 Å². The number of rotatable bonds is 7. The second-order valence-electron chi connectivity index (χ2n) is 4.57. The molecule has 102 valence electrons. The standard InChI is InChI=1S/C14H25N3O/c1-5-7-10-17(11(3)6-2)14-12(15)8-9-13(16-14)18-4/h8-9,11H,5-7,10,15H2,1-4H3. The Hall–Kier alpha value is -1.45. The van der Waals surface area contributed by atoms with E-state index >= 15 is 0 Å². The molecule has 0 aliphatic carbocycles. The number of nitrogen functional groups attached to an aromatic ring is 1. The lowest BCUT2D eigenvalue weighted by atomic mass is 10.2. The molecule has 1 unspecified atom stereocenters. The molecule has 0 amide bonds. The quantitative estimate of drug-likeness (QED) is 0.809. The van der Waals surface area contributed by atoms with Gasteiger partial charge in [0, 0.05) is 18.7 Å². The fraction of sp³-hybridized carbons (Fsp3) is 0.643. The minimum Gasteiger partial charge on any atom is -0.481 e. The smallest absolute Gasteiger partial charge is 0.215 e. The summed E-state index contributed by atoms with van der Waals surface area (Å²) in [4.78, 5) is 6.77. The molecule has 0 spiro atoms. The fourth-order valence-electron chi connectivity index (χ4n) is 1.87. The van der Waals surface area contributed by atoms with Gasteiger partial charge in [-0.2, -0.15) is 4.98 Å². The Morgan fingerprint density at radius 3 is 2.67 bits per heavy atom. The molecule has 0 fully saturated rings. The van der Waals surface area contributed by atoms with Gasteiger partial charge in [0.05, 0.1) is 12.8 Å². The zero-order chi connectivity index (χ0) is 13.5. The minimum absolute atomic E-state index is 0.429. The van der Waals surface area contributed by atoms with Crippen molar-refractivity contribution in [1.29, 1.82) is 0 Å². The summed E-state index contributed by atoms with van der Waals surface area (Å²) in [5, 5.41) is 0. The second kappa shape index (κ2) is 7.09. The number of anilines is 2. The molecule has 1 aromatic heterocycles. The summed E-state index contributed by atoms with van der Waals surface area (Å²) in [5.74, 6) is 1.46. The Kier molecular flexibility index (Phi) is 5.75. The van der Waals surface area contributed by atoms with Crippen molar-refractivity contribution in [3.63, 3.8) is 0 Å². The number of nitrogens with two attached hydrogens (primary N) is 1.